The van der Waals surface area contributed by atoms with E-state index in [-0.39, 0.29) is 26.4 Å². The molecular formula is C24H26O7. The van der Waals surface area contributed by atoms with E-state index in [0.717, 1.165) is 16.2 Å². The zero-order valence-electron chi connectivity index (χ0n) is 17.8. The summed E-state index contributed by atoms with van der Waals surface area (Å²) < 4.78 is 15.8. The van der Waals surface area contributed by atoms with Gasteiger partial charge < -0.3 is 29.5 Å². The number of aliphatic hydroxyl groups excluding tert-OH is 3. The van der Waals surface area contributed by atoms with Crippen molar-refractivity contribution in [1.29, 1.82) is 0 Å². The Kier molecular flexibility index (Phi) is 7.12. The number of hydrogen-bond acceptors (Lipinski definition) is 7. The van der Waals surface area contributed by atoms with Gasteiger partial charge in [-0.1, -0.05) is 0 Å². The molecule has 3 rings (SSSR count). The Morgan fingerprint density at radius 2 is 1.61 bits per heavy atom. The van der Waals surface area contributed by atoms with Crippen molar-refractivity contribution in [3.63, 3.8) is 0 Å². The van der Waals surface area contributed by atoms with Crippen LogP contribution in [-0.2, 0) is 29.4 Å². The molecule has 0 aliphatic carbocycles. The third kappa shape index (κ3) is 4.20. The van der Waals surface area contributed by atoms with Crippen LogP contribution < -0.4 is 9.47 Å². The Morgan fingerprint density at radius 3 is 2.19 bits per heavy atom. The fourth-order valence-electron chi connectivity index (χ4n) is 3.84. The second kappa shape index (κ2) is 9.78. The van der Waals surface area contributed by atoms with Crippen LogP contribution in [0.2, 0.25) is 0 Å². The van der Waals surface area contributed by atoms with Crippen LogP contribution in [0.3, 0.4) is 0 Å². The Balaban J connectivity index is 2.48. The summed E-state index contributed by atoms with van der Waals surface area (Å²) in [6.07, 6.45) is 2.99. The number of methoxy groups -OCH3 is 2. The second-order valence-electron chi connectivity index (χ2n) is 6.87. The first-order valence-corrected chi connectivity index (χ1v) is 9.86. The summed E-state index contributed by atoms with van der Waals surface area (Å²) in [4.78, 5) is 11.9. The standard InChI is InChI=1S/C24H26O7/c1-4-31-23(28)6-5-14-7-15-9-21(29-2)16(11-25)8-17(15)24-18(14)10-22(30-3)19(12-26)20(24)13-27/h5-10,25-27H,4,11-13H2,1-3H3. The highest BCUT2D eigenvalue weighted by Gasteiger charge is 2.19. The van der Waals surface area contributed by atoms with Crippen LogP contribution in [0.5, 0.6) is 11.5 Å². The first kappa shape index (κ1) is 22.6. The van der Waals surface area contributed by atoms with Gasteiger partial charge in [0.15, 0.2) is 0 Å². The largest absolute Gasteiger partial charge is 0.496 e. The van der Waals surface area contributed by atoms with Crippen molar-refractivity contribution in [2.24, 2.45) is 0 Å². The lowest BCUT2D eigenvalue weighted by atomic mass is 9.89. The minimum absolute atomic E-state index is 0.220. The van der Waals surface area contributed by atoms with Gasteiger partial charge in [0.25, 0.3) is 0 Å². The number of ether oxygens (including phenoxy) is 3. The van der Waals surface area contributed by atoms with Crippen molar-refractivity contribution < 1.29 is 34.3 Å². The lowest BCUT2D eigenvalue weighted by molar-refractivity contribution is -0.137. The van der Waals surface area contributed by atoms with Crippen molar-refractivity contribution >= 4 is 33.6 Å². The van der Waals surface area contributed by atoms with Gasteiger partial charge in [-0.05, 0) is 69.9 Å². The lowest BCUT2D eigenvalue weighted by Crippen LogP contribution is -2.02. The molecule has 0 fully saturated rings. The summed E-state index contributed by atoms with van der Waals surface area (Å²) >= 11 is 0. The number of fused-ring (bicyclic) bond motifs is 3. The Hall–Kier alpha value is -3.13. The molecule has 3 aromatic carbocycles. The van der Waals surface area contributed by atoms with Gasteiger partial charge in [-0.15, -0.1) is 0 Å². The van der Waals surface area contributed by atoms with E-state index in [1.54, 1.807) is 25.1 Å². The van der Waals surface area contributed by atoms with Crippen LogP contribution >= 0.6 is 0 Å². The van der Waals surface area contributed by atoms with Crippen molar-refractivity contribution in [2.75, 3.05) is 20.8 Å². The summed E-state index contributed by atoms with van der Waals surface area (Å²) in [5, 5.41) is 32.9. The molecule has 0 aromatic heterocycles. The molecule has 0 saturated heterocycles. The van der Waals surface area contributed by atoms with E-state index in [4.69, 9.17) is 14.2 Å². The van der Waals surface area contributed by atoms with E-state index < -0.39 is 5.97 Å². The summed E-state index contributed by atoms with van der Waals surface area (Å²) in [5.41, 5.74) is 2.29. The molecule has 0 unspecified atom stereocenters. The summed E-state index contributed by atoms with van der Waals surface area (Å²) in [6, 6.07) is 7.26. The molecule has 3 N–H and O–H groups in total. The SMILES string of the molecule is CCOC(=O)C=Cc1cc2cc(OC)c(CO)cc2c2c(CO)c(CO)c(OC)cc12. The van der Waals surface area contributed by atoms with Crippen molar-refractivity contribution in [3.8, 4) is 11.5 Å². The van der Waals surface area contributed by atoms with E-state index in [0.29, 0.717) is 39.1 Å². The molecule has 0 spiro atoms. The highest BCUT2D eigenvalue weighted by Crippen LogP contribution is 2.40. The van der Waals surface area contributed by atoms with Crippen LogP contribution in [0.15, 0.2) is 30.3 Å². The molecule has 0 atom stereocenters. The highest BCUT2D eigenvalue weighted by atomic mass is 16.5. The number of carbonyl (C=O) groups is 1. The molecule has 164 valence electrons. The second-order valence-corrected chi connectivity index (χ2v) is 6.87. The molecule has 0 amide bonds. The fraction of sp³-hybridized carbons (Fsp3) is 0.292. The Labute approximate surface area is 180 Å². The van der Waals surface area contributed by atoms with Crippen LogP contribution in [0.1, 0.15) is 29.2 Å². The van der Waals surface area contributed by atoms with E-state index >= 15 is 0 Å². The number of esters is 1. The number of carbonyl (C=O) groups excluding carboxylic acids is 1. The van der Waals surface area contributed by atoms with Crippen LogP contribution in [0.25, 0.3) is 27.6 Å². The third-order valence-electron chi connectivity index (χ3n) is 5.24. The van der Waals surface area contributed by atoms with Crippen LogP contribution in [0.4, 0.5) is 0 Å². The first-order valence-electron chi connectivity index (χ1n) is 9.86. The molecule has 0 radical (unpaired) electrons. The maximum Gasteiger partial charge on any atom is 0.330 e. The van der Waals surface area contributed by atoms with Crippen molar-refractivity contribution in [3.05, 3.63) is 52.6 Å². The number of rotatable bonds is 8. The Morgan fingerprint density at radius 1 is 0.903 bits per heavy atom. The Bertz CT molecular complexity index is 1150. The number of aliphatic hydroxyl groups is 3. The quantitative estimate of drug-likeness (QED) is 0.289. The molecule has 0 aliphatic rings. The van der Waals surface area contributed by atoms with E-state index in [9.17, 15) is 20.1 Å². The van der Waals surface area contributed by atoms with Gasteiger partial charge in [-0.2, -0.15) is 0 Å². The maximum atomic E-state index is 11.9. The van der Waals surface area contributed by atoms with Crippen molar-refractivity contribution in [1.82, 2.24) is 0 Å². The molecule has 7 heteroatoms. The van der Waals surface area contributed by atoms with Gasteiger partial charge in [0, 0.05) is 17.2 Å². The minimum atomic E-state index is -0.467. The monoisotopic (exact) mass is 426 g/mol. The first-order chi connectivity index (χ1) is 15.0. The van der Waals surface area contributed by atoms with Gasteiger partial charge in [0.2, 0.25) is 0 Å². The molecule has 3 aromatic rings. The molecular weight excluding hydrogens is 400 g/mol. The number of benzene rings is 3. The van der Waals surface area contributed by atoms with E-state index in [1.807, 2.05) is 12.1 Å². The normalized spacial score (nSPS) is 11.4. The minimum Gasteiger partial charge on any atom is -0.496 e. The predicted octanol–water partition coefficient (Wildman–Crippen LogP) is 3.06. The van der Waals surface area contributed by atoms with Gasteiger partial charge >= 0.3 is 5.97 Å². The van der Waals surface area contributed by atoms with Gasteiger partial charge in [-0.3, -0.25) is 0 Å². The van der Waals surface area contributed by atoms with E-state index in [2.05, 4.69) is 0 Å². The molecule has 7 nitrogen and oxygen atoms in total. The molecule has 0 aliphatic heterocycles. The summed E-state index contributed by atoms with van der Waals surface area (Å²) in [6.45, 7) is 1.14. The van der Waals surface area contributed by atoms with Gasteiger partial charge in [0.05, 0.1) is 40.6 Å². The summed E-state index contributed by atoms with van der Waals surface area (Å²) in [7, 11) is 3.02. The smallest absolute Gasteiger partial charge is 0.330 e. The highest BCUT2D eigenvalue weighted by molar-refractivity contribution is 6.14. The lowest BCUT2D eigenvalue weighted by Gasteiger charge is -2.19. The van der Waals surface area contributed by atoms with E-state index in [1.165, 1.54) is 20.3 Å². The average Bonchev–Trinajstić information content (AvgIpc) is 2.80. The summed E-state index contributed by atoms with van der Waals surface area (Å²) in [5.74, 6) is 0.487. The predicted molar refractivity (Wildman–Crippen MR) is 118 cm³/mol. The molecule has 0 saturated carbocycles. The zero-order valence-corrected chi connectivity index (χ0v) is 17.8. The molecule has 0 bridgehead atoms. The van der Waals surface area contributed by atoms with Crippen LogP contribution in [0, 0.1) is 0 Å². The van der Waals surface area contributed by atoms with Gasteiger partial charge in [-0.25, -0.2) is 4.79 Å². The average molecular weight is 426 g/mol. The van der Waals surface area contributed by atoms with Crippen LogP contribution in [-0.4, -0.2) is 42.1 Å². The fourth-order valence-corrected chi connectivity index (χ4v) is 3.84. The number of hydrogen-bond donors (Lipinski definition) is 3. The molecule has 31 heavy (non-hydrogen) atoms. The zero-order chi connectivity index (χ0) is 22.5. The maximum absolute atomic E-state index is 11.9. The van der Waals surface area contributed by atoms with Crippen molar-refractivity contribution in [2.45, 2.75) is 26.7 Å². The topological polar surface area (TPSA) is 105 Å². The third-order valence-corrected chi connectivity index (χ3v) is 5.24. The van der Waals surface area contributed by atoms with Gasteiger partial charge in [0.1, 0.15) is 11.5 Å². The molecule has 0 heterocycles.